The molecule has 0 atom stereocenters. The monoisotopic (exact) mass is 408 g/mol. The lowest BCUT2D eigenvalue weighted by molar-refractivity contribution is -0.133. The van der Waals surface area contributed by atoms with E-state index in [4.69, 9.17) is 0 Å². The van der Waals surface area contributed by atoms with Crippen LogP contribution in [-0.2, 0) is 24.9 Å². The summed E-state index contributed by atoms with van der Waals surface area (Å²) in [4.78, 5) is 16.8. The summed E-state index contributed by atoms with van der Waals surface area (Å²) in [5.74, 6) is 0.210. The van der Waals surface area contributed by atoms with E-state index in [0.29, 0.717) is 13.0 Å². The Labute approximate surface area is 156 Å². The minimum absolute atomic E-state index is 0.210. The summed E-state index contributed by atoms with van der Waals surface area (Å²) in [7, 11) is 1.95. The lowest BCUT2D eigenvalue weighted by atomic mass is 10.2. The van der Waals surface area contributed by atoms with Gasteiger partial charge >= 0.3 is 0 Å². The molecule has 0 radical (unpaired) electrons. The summed E-state index contributed by atoms with van der Waals surface area (Å²) >= 11 is 3.45. The first-order valence-electron chi connectivity index (χ1n) is 8.61. The minimum Gasteiger partial charge on any atom is -0.340 e. The topological polar surface area (TPSA) is 59.2 Å². The predicted molar refractivity (Wildman–Crippen MR) is 99.1 cm³/mol. The lowest BCUT2D eigenvalue weighted by Crippen LogP contribution is -2.48. The number of halogens is 1. The average molecular weight is 409 g/mol. The Bertz CT molecular complexity index is 725. The summed E-state index contributed by atoms with van der Waals surface area (Å²) in [6.07, 6.45) is 4.50. The van der Waals surface area contributed by atoms with Crippen molar-refractivity contribution in [2.75, 3.05) is 26.2 Å². The molecule has 7 nitrogen and oxygen atoms in total. The van der Waals surface area contributed by atoms with Gasteiger partial charge in [-0.15, -0.1) is 0 Å². The first kappa shape index (κ1) is 18.1. The maximum atomic E-state index is 12.4. The fraction of sp³-hybridized carbons (Fsp3) is 0.588. The van der Waals surface area contributed by atoms with Crippen molar-refractivity contribution >= 4 is 21.8 Å². The molecule has 0 unspecified atom stereocenters. The van der Waals surface area contributed by atoms with Gasteiger partial charge in [0.1, 0.15) is 0 Å². The first-order chi connectivity index (χ1) is 11.9. The number of rotatable bonds is 5. The second-order valence-corrected chi connectivity index (χ2v) is 7.50. The van der Waals surface area contributed by atoms with Crippen molar-refractivity contribution in [3.63, 3.8) is 0 Å². The minimum atomic E-state index is 0.210. The molecule has 2 aromatic rings. The Morgan fingerprint density at radius 3 is 2.40 bits per heavy atom. The van der Waals surface area contributed by atoms with Crippen molar-refractivity contribution in [1.29, 1.82) is 0 Å². The molecule has 3 rings (SSSR count). The highest BCUT2D eigenvalue weighted by molar-refractivity contribution is 9.10. The first-order valence-corrected chi connectivity index (χ1v) is 9.40. The number of amides is 1. The van der Waals surface area contributed by atoms with Crippen LogP contribution in [-0.4, -0.2) is 61.4 Å². The van der Waals surface area contributed by atoms with E-state index >= 15 is 0 Å². The van der Waals surface area contributed by atoms with E-state index in [-0.39, 0.29) is 5.91 Å². The number of aryl methyl sites for hydroxylation is 4. The van der Waals surface area contributed by atoms with Gasteiger partial charge in [0.2, 0.25) is 5.91 Å². The summed E-state index contributed by atoms with van der Waals surface area (Å²) in [6.45, 7) is 8.93. The van der Waals surface area contributed by atoms with Crippen molar-refractivity contribution in [3.8, 4) is 0 Å². The molecule has 1 saturated heterocycles. The highest BCUT2D eigenvalue weighted by atomic mass is 79.9. The Morgan fingerprint density at radius 2 is 1.84 bits per heavy atom. The molecule has 1 amide bonds. The second kappa shape index (κ2) is 7.70. The van der Waals surface area contributed by atoms with E-state index in [1.54, 1.807) is 0 Å². The zero-order chi connectivity index (χ0) is 18.0. The predicted octanol–water partition coefficient (Wildman–Crippen LogP) is 1.73. The van der Waals surface area contributed by atoms with Crippen LogP contribution in [0.4, 0.5) is 0 Å². The SMILES string of the molecule is Cc1nn(CCC(=O)N2CCN(Cc3cn(C)nc3C)CC2)cc1Br. The average Bonchev–Trinajstić information content (AvgIpc) is 3.07. The molecule has 1 fully saturated rings. The third-order valence-electron chi connectivity index (χ3n) is 4.68. The van der Waals surface area contributed by atoms with Crippen LogP contribution < -0.4 is 0 Å². The molecular weight excluding hydrogens is 384 g/mol. The number of carbonyl (C=O) groups excluding carboxylic acids is 1. The summed E-state index contributed by atoms with van der Waals surface area (Å²) in [5.41, 5.74) is 3.30. The van der Waals surface area contributed by atoms with Crippen LogP contribution in [0, 0.1) is 13.8 Å². The number of nitrogens with zero attached hydrogens (tertiary/aromatic N) is 6. The fourth-order valence-corrected chi connectivity index (χ4v) is 3.49. The molecule has 0 N–H and O–H groups in total. The number of hydrogen-bond acceptors (Lipinski definition) is 4. The van der Waals surface area contributed by atoms with E-state index in [0.717, 1.165) is 48.6 Å². The molecule has 136 valence electrons. The fourth-order valence-electron chi connectivity index (χ4n) is 3.18. The standard InChI is InChI=1S/C17H25BrN6O/c1-13-15(10-21(3)19-13)11-22-6-8-23(9-7-22)17(25)4-5-24-12-16(18)14(2)20-24/h10,12H,4-9,11H2,1-3H3. The van der Waals surface area contributed by atoms with Gasteiger partial charge in [0, 0.05) is 70.7 Å². The molecule has 0 aliphatic carbocycles. The van der Waals surface area contributed by atoms with Crippen molar-refractivity contribution in [1.82, 2.24) is 29.4 Å². The van der Waals surface area contributed by atoms with Crippen LogP contribution in [0.2, 0.25) is 0 Å². The van der Waals surface area contributed by atoms with E-state index in [1.807, 2.05) is 41.4 Å². The second-order valence-electron chi connectivity index (χ2n) is 6.65. The Kier molecular flexibility index (Phi) is 5.58. The van der Waals surface area contributed by atoms with Gasteiger partial charge in [-0.1, -0.05) is 0 Å². The largest absolute Gasteiger partial charge is 0.340 e. The number of aromatic nitrogens is 4. The molecule has 0 aromatic carbocycles. The molecule has 0 bridgehead atoms. The van der Waals surface area contributed by atoms with Gasteiger partial charge < -0.3 is 4.90 Å². The Hall–Kier alpha value is -1.67. The van der Waals surface area contributed by atoms with E-state index < -0.39 is 0 Å². The van der Waals surface area contributed by atoms with E-state index in [2.05, 4.69) is 37.2 Å². The molecular formula is C17H25BrN6O. The molecule has 0 saturated carbocycles. The zero-order valence-corrected chi connectivity index (χ0v) is 16.7. The van der Waals surface area contributed by atoms with Gasteiger partial charge in [-0.25, -0.2) is 0 Å². The summed E-state index contributed by atoms with van der Waals surface area (Å²) < 4.78 is 4.68. The quantitative estimate of drug-likeness (QED) is 0.755. The molecule has 3 heterocycles. The van der Waals surface area contributed by atoms with Crippen molar-refractivity contribution in [2.45, 2.75) is 33.4 Å². The van der Waals surface area contributed by atoms with Crippen LogP contribution in [0.15, 0.2) is 16.9 Å². The molecule has 25 heavy (non-hydrogen) atoms. The highest BCUT2D eigenvalue weighted by Gasteiger charge is 2.21. The molecule has 1 aliphatic rings. The van der Waals surface area contributed by atoms with Crippen molar-refractivity contribution in [2.24, 2.45) is 7.05 Å². The molecule has 1 aliphatic heterocycles. The van der Waals surface area contributed by atoms with Gasteiger partial charge in [0.15, 0.2) is 0 Å². The normalized spacial score (nSPS) is 15.8. The van der Waals surface area contributed by atoms with Crippen LogP contribution in [0.3, 0.4) is 0 Å². The number of hydrogen-bond donors (Lipinski definition) is 0. The third-order valence-corrected chi connectivity index (χ3v) is 5.45. The summed E-state index contributed by atoms with van der Waals surface area (Å²) in [5, 5.41) is 8.77. The van der Waals surface area contributed by atoms with Crippen LogP contribution in [0.25, 0.3) is 0 Å². The lowest BCUT2D eigenvalue weighted by Gasteiger charge is -2.34. The van der Waals surface area contributed by atoms with E-state index in [9.17, 15) is 4.79 Å². The number of carbonyl (C=O) groups is 1. The Morgan fingerprint density at radius 1 is 1.12 bits per heavy atom. The van der Waals surface area contributed by atoms with Crippen LogP contribution in [0.5, 0.6) is 0 Å². The smallest absolute Gasteiger partial charge is 0.224 e. The van der Waals surface area contributed by atoms with Gasteiger partial charge in [0.25, 0.3) is 0 Å². The molecule has 0 spiro atoms. The van der Waals surface area contributed by atoms with Gasteiger partial charge in [0.05, 0.1) is 15.9 Å². The summed E-state index contributed by atoms with van der Waals surface area (Å²) in [6, 6.07) is 0. The van der Waals surface area contributed by atoms with Gasteiger partial charge in [-0.3, -0.25) is 19.1 Å². The van der Waals surface area contributed by atoms with Crippen molar-refractivity contribution < 1.29 is 4.79 Å². The maximum Gasteiger partial charge on any atom is 0.224 e. The van der Waals surface area contributed by atoms with Gasteiger partial charge in [-0.05, 0) is 29.8 Å². The zero-order valence-electron chi connectivity index (χ0n) is 15.1. The third kappa shape index (κ3) is 4.49. The maximum absolute atomic E-state index is 12.4. The molecule has 8 heteroatoms. The van der Waals surface area contributed by atoms with Crippen molar-refractivity contribution in [3.05, 3.63) is 33.8 Å². The van der Waals surface area contributed by atoms with Crippen LogP contribution in [0.1, 0.15) is 23.4 Å². The number of piperazine rings is 1. The van der Waals surface area contributed by atoms with Gasteiger partial charge in [-0.2, -0.15) is 10.2 Å². The highest BCUT2D eigenvalue weighted by Crippen LogP contribution is 2.14. The molecule has 2 aromatic heterocycles. The van der Waals surface area contributed by atoms with E-state index in [1.165, 1.54) is 5.56 Å². The van der Waals surface area contributed by atoms with Crippen LogP contribution >= 0.6 is 15.9 Å². The Balaban J connectivity index is 1.45.